The van der Waals surface area contributed by atoms with Gasteiger partial charge in [-0.25, -0.2) is 18.4 Å². The average molecular weight is 353 g/mol. The number of benzene rings is 1. The zero-order chi connectivity index (χ0) is 16.6. The molecule has 3 rings (SSSR count). The van der Waals surface area contributed by atoms with Crippen molar-refractivity contribution in [1.29, 1.82) is 0 Å². The standard InChI is InChI=1S/C15H17ClN4O2S/c1-23(21,22)12-6-7-20(9-12)11-4-2-10(3-5-11)13-8-18-15(17)14(16)19-13/h2-5,8,12H,6-7,9H2,1H3,(H2,17,18)/t12-/m0/s1. The molecule has 8 heteroatoms. The summed E-state index contributed by atoms with van der Waals surface area (Å²) >= 11 is 5.89. The lowest BCUT2D eigenvalue weighted by Crippen LogP contribution is -2.25. The lowest BCUT2D eigenvalue weighted by atomic mass is 10.1. The summed E-state index contributed by atoms with van der Waals surface area (Å²) in [6, 6.07) is 7.73. The largest absolute Gasteiger partial charge is 0.381 e. The molecule has 122 valence electrons. The summed E-state index contributed by atoms with van der Waals surface area (Å²) in [5.41, 5.74) is 8.08. The second-order valence-corrected chi connectivity index (χ2v) is 8.35. The number of hydrogen-bond acceptors (Lipinski definition) is 6. The van der Waals surface area contributed by atoms with Crippen LogP contribution in [0.4, 0.5) is 11.5 Å². The van der Waals surface area contributed by atoms with Gasteiger partial charge < -0.3 is 10.6 Å². The van der Waals surface area contributed by atoms with E-state index in [1.807, 2.05) is 24.3 Å². The van der Waals surface area contributed by atoms with Crippen molar-refractivity contribution < 1.29 is 8.42 Å². The lowest BCUT2D eigenvalue weighted by Gasteiger charge is -2.18. The van der Waals surface area contributed by atoms with Crippen molar-refractivity contribution >= 4 is 32.9 Å². The van der Waals surface area contributed by atoms with Crippen molar-refractivity contribution in [2.24, 2.45) is 0 Å². The van der Waals surface area contributed by atoms with E-state index >= 15 is 0 Å². The van der Waals surface area contributed by atoms with Gasteiger partial charge in [-0.2, -0.15) is 0 Å². The summed E-state index contributed by atoms with van der Waals surface area (Å²) in [6.07, 6.45) is 3.54. The molecule has 1 aromatic heterocycles. The maximum Gasteiger partial charge on any atom is 0.171 e. The predicted molar refractivity (Wildman–Crippen MR) is 92.4 cm³/mol. The maximum atomic E-state index is 11.6. The van der Waals surface area contributed by atoms with Crippen LogP contribution in [0.1, 0.15) is 6.42 Å². The molecule has 2 N–H and O–H groups in total. The number of anilines is 2. The van der Waals surface area contributed by atoms with Crippen molar-refractivity contribution in [3.8, 4) is 11.3 Å². The minimum Gasteiger partial charge on any atom is -0.381 e. The van der Waals surface area contributed by atoms with Crippen LogP contribution in [0.5, 0.6) is 0 Å². The topological polar surface area (TPSA) is 89.2 Å². The van der Waals surface area contributed by atoms with Gasteiger partial charge in [-0.1, -0.05) is 23.7 Å². The van der Waals surface area contributed by atoms with Crippen LogP contribution in [0.25, 0.3) is 11.3 Å². The van der Waals surface area contributed by atoms with Gasteiger partial charge in [0.1, 0.15) is 0 Å². The molecule has 1 aliphatic heterocycles. The van der Waals surface area contributed by atoms with Crippen molar-refractivity contribution in [3.05, 3.63) is 35.6 Å². The number of aromatic nitrogens is 2. The summed E-state index contributed by atoms with van der Waals surface area (Å²) < 4.78 is 23.3. The maximum absolute atomic E-state index is 11.6. The van der Waals surface area contributed by atoms with E-state index in [4.69, 9.17) is 17.3 Å². The van der Waals surface area contributed by atoms with E-state index in [0.29, 0.717) is 18.7 Å². The van der Waals surface area contributed by atoms with Crippen LogP contribution in [-0.2, 0) is 9.84 Å². The van der Waals surface area contributed by atoms with Gasteiger partial charge in [0.25, 0.3) is 0 Å². The number of nitrogen functional groups attached to an aromatic ring is 1. The highest BCUT2D eigenvalue weighted by atomic mass is 35.5. The molecule has 1 atom stereocenters. The van der Waals surface area contributed by atoms with Crippen molar-refractivity contribution in [2.45, 2.75) is 11.7 Å². The van der Waals surface area contributed by atoms with E-state index in [1.54, 1.807) is 6.20 Å². The molecule has 0 aliphatic carbocycles. The first-order valence-electron chi connectivity index (χ1n) is 7.17. The van der Waals surface area contributed by atoms with Crippen molar-refractivity contribution in [3.63, 3.8) is 0 Å². The molecule has 1 aromatic carbocycles. The van der Waals surface area contributed by atoms with E-state index < -0.39 is 9.84 Å². The summed E-state index contributed by atoms with van der Waals surface area (Å²) in [7, 11) is -2.99. The highest BCUT2D eigenvalue weighted by Crippen LogP contribution is 2.27. The average Bonchev–Trinajstić information content (AvgIpc) is 3.00. The van der Waals surface area contributed by atoms with Gasteiger partial charge in [0, 0.05) is 30.6 Å². The van der Waals surface area contributed by atoms with Gasteiger partial charge in [0.2, 0.25) is 0 Å². The normalized spacial score (nSPS) is 18.3. The Kier molecular flexibility index (Phi) is 4.16. The third-order valence-corrected chi connectivity index (χ3v) is 5.91. The van der Waals surface area contributed by atoms with Crippen LogP contribution in [0.15, 0.2) is 30.5 Å². The van der Waals surface area contributed by atoms with Crippen LogP contribution < -0.4 is 10.6 Å². The van der Waals surface area contributed by atoms with Crippen LogP contribution in [-0.4, -0.2) is 43.0 Å². The Bertz CT molecular complexity index is 824. The molecule has 0 saturated carbocycles. The van der Waals surface area contributed by atoms with Gasteiger partial charge >= 0.3 is 0 Å². The van der Waals surface area contributed by atoms with Gasteiger partial charge in [-0.15, -0.1) is 0 Å². The summed E-state index contributed by atoms with van der Waals surface area (Å²) in [4.78, 5) is 10.3. The molecule has 0 amide bonds. The quantitative estimate of drug-likeness (QED) is 0.908. The molecule has 1 saturated heterocycles. The van der Waals surface area contributed by atoms with Crippen LogP contribution in [0.2, 0.25) is 5.15 Å². The van der Waals surface area contributed by atoms with Crippen LogP contribution >= 0.6 is 11.6 Å². The first kappa shape index (κ1) is 16.0. The van der Waals surface area contributed by atoms with E-state index in [0.717, 1.165) is 17.8 Å². The number of nitrogens with two attached hydrogens (primary N) is 1. The SMILES string of the molecule is CS(=O)(=O)[C@H]1CCN(c2ccc(-c3cnc(N)c(Cl)n3)cc2)C1. The summed E-state index contributed by atoms with van der Waals surface area (Å²) in [5.74, 6) is 0.205. The first-order chi connectivity index (χ1) is 10.8. The van der Waals surface area contributed by atoms with E-state index in [2.05, 4.69) is 14.9 Å². The van der Waals surface area contributed by atoms with Gasteiger partial charge in [-0.3, -0.25) is 0 Å². The Morgan fingerprint density at radius 2 is 2.00 bits per heavy atom. The number of rotatable bonds is 3. The van der Waals surface area contributed by atoms with Gasteiger partial charge in [-0.05, 0) is 18.6 Å². The molecule has 2 aromatic rings. The third kappa shape index (κ3) is 3.40. The fraction of sp³-hybridized carbons (Fsp3) is 0.333. The molecule has 1 fully saturated rings. The van der Waals surface area contributed by atoms with E-state index in [1.165, 1.54) is 6.26 Å². The van der Waals surface area contributed by atoms with Gasteiger partial charge in [0.15, 0.2) is 20.8 Å². The molecule has 23 heavy (non-hydrogen) atoms. The minimum atomic E-state index is -2.99. The molecule has 0 radical (unpaired) electrons. The van der Waals surface area contributed by atoms with E-state index in [-0.39, 0.29) is 16.2 Å². The monoisotopic (exact) mass is 352 g/mol. The predicted octanol–water partition coefficient (Wildman–Crippen LogP) is 2.00. The molecule has 1 aliphatic rings. The lowest BCUT2D eigenvalue weighted by molar-refractivity contribution is 0.589. The summed E-state index contributed by atoms with van der Waals surface area (Å²) in [6.45, 7) is 1.27. The van der Waals surface area contributed by atoms with E-state index in [9.17, 15) is 8.42 Å². The van der Waals surface area contributed by atoms with Crippen LogP contribution in [0.3, 0.4) is 0 Å². The smallest absolute Gasteiger partial charge is 0.171 e. The fourth-order valence-electron chi connectivity index (χ4n) is 2.67. The molecule has 0 unspecified atom stereocenters. The molecular formula is C15H17ClN4O2S. The first-order valence-corrected chi connectivity index (χ1v) is 9.50. The Morgan fingerprint density at radius 1 is 1.30 bits per heavy atom. The number of halogens is 1. The Labute approximate surface area is 140 Å². The van der Waals surface area contributed by atoms with Crippen LogP contribution in [0, 0.1) is 0 Å². The molecule has 6 nitrogen and oxygen atoms in total. The second-order valence-electron chi connectivity index (χ2n) is 5.66. The van der Waals surface area contributed by atoms with Crippen molar-refractivity contribution in [1.82, 2.24) is 9.97 Å². The number of sulfone groups is 1. The number of hydrogen-bond donors (Lipinski definition) is 1. The summed E-state index contributed by atoms with van der Waals surface area (Å²) in [5, 5.41) is -0.105. The Morgan fingerprint density at radius 3 is 2.57 bits per heavy atom. The third-order valence-electron chi connectivity index (χ3n) is 4.03. The Balaban J connectivity index is 1.79. The highest BCUT2D eigenvalue weighted by Gasteiger charge is 2.30. The van der Waals surface area contributed by atoms with Crippen molar-refractivity contribution in [2.75, 3.05) is 30.0 Å². The zero-order valence-corrected chi connectivity index (χ0v) is 14.2. The minimum absolute atomic E-state index is 0.183. The Hall–Kier alpha value is -1.86. The van der Waals surface area contributed by atoms with Gasteiger partial charge in [0.05, 0.1) is 17.1 Å². The fourth-order valence-corrected chi connectivity index (χ4v) is 3.79. The zero-order valence-electron chi connectivity index (χ0n) is 12.6. The molecule has 0 spiro atoms. The second kappa shape index (κ2) is 5.98. The number of nitrogens with zero attached hydrogens (tertiary/aromatic N) is 3. The molecule has 0 bridgehead atoms. The molecular weight excluding hydrogens is 336 g/mol. The highest BCUT2D eigenvalue weighted by molar-refractivity contribution is 7.91. The molecule has 2 heterocycles.